The van der Waals surface area contributed by atoms with Gasteiger partial charge in [0.25, 0.3) is 0 Å². The van der Waals surface area contributed by atoms with Crippen LogP contribution in [0.3, 0.4) is 0 Å². The Bertz CT molecular complexity index is 405. The third-order valence-corrected chi connectivity index (χ3v) is 2.67. The van der Waals surface area contributed by atoms with Crippen LogP contribution in [-0.4, -0.2) is 18.1 Å². The molecule has 0 saturated carbocycles. The second-order valence-corrected chi connectivity index (χ2v) is 4.08. The molecule has 1 aromatic rings. The SMILES string of the molecule is FC(F)(F)c1cnc(N2CCCCO2)c(Cl)c1. The van der Waals surface area contributed by atoms with E-state index >= 15 is 0 Å². The smallest absolute Gasteiger partial charge is 0.272 e. The van der Waals surface area contributed by atoms with E-state index in [9.17, 15) is 13.2 Å². The van der Waals surface area contributed by atoms with E-state index in [0.717, 1.165) is 25.1 Å². The van der Waals surface area contributed by atoms with Gasteiger partial charge >= 0.3 is 6.18 Å². The molecule has 3 nitrogen and oxygen atoms in total. The maximum atomic E-state index is 12.4. The Kier molecular flexibility index (Phi) is 3.44. The Morgan fingerprint density at radius 3 is 2.65 bits per heavy atom. The Hall–Kier alpha value is -1.01. The van der Waals surface area contributed by atoms with E-state index in [1.165, 1.54) is 5.06 Å². The molecule has 0 radical (unpaired) electrons. The number of pyridine rings is 1. The Labute approximate surface area is 101 Å². The van der Waals surface area contributed by atoms with E-state index < -0.39 is 11.7 Å². The lowest BCUT2D eigenvalue weighted by molar-refractivity contribution is -0.137. The number of anilines is 1. The standard InChI is InChI=1S/C10H10ClF3N2O/c11-8-5-7(10(12,13)14)6-15-9(8)16-3-1-2-4-17-16/h5-6H,1-4H2. The van der Waals surface area contributed by atoms with Crippen molar-refractivity contribution in [2.24, 2.45) is 0 Å². The molecule has 2 heterocycles. The summed E-state index contributed by atoms with van der Waals surface area (Å²) in [5.41, 5.74) is -0.858. The highest BCUT2D eigenvalue weighted by molar-refractivity contribution is 6.33. The number of hydrogen-bond acceptors (Lipinski definition) is 3. The molecular formula is C10H10ClF3N2O. The molecule has 0 unspecified atom stereocenters. The van der Waals surface area contributed by atoms with Crippen LogP contribution in [0.4, 0.5) is 19.0 Å². The molecule has 0 amide bonds. The Morgan fingerprint density at radius 2 is 2.12 bits per heavy atom. The maximum Gasteiger partial charge on any atom is 0.417 e. The first-order chi connectivity index (χ1) is 7.98. The quantitative estimate of drug-likeness (QED) is 0.780. The summed E-state index contributed by atoms with van der Waals surface area (Å²) in [5.74, 6) is 0.236. The second-order valence-electron chi connectivity index (χ2n) is 3.67. The Morgan fingerprint density at radius 1 is 1.35 bits per heavy atom. The van der Waals surface area contributed by atoms with Gasteiger partial charge in [-0.15, -0.1) is 0 Å². The summed E-state index contributed by atoms with van der Waals surface area (Å²) in [5, 5.41) is 1.38. The lowest BCUT2D eigenvalue weighted by atomic mass is 10.2. The van der Waals surface area contributed by atoms with Gasteiger partial charge in [0.2, 0.25) is 0 Å². The summed E-state index contributed by atoms with van der Waals surface area (Å²) < 4.78 is 37.2. The van der Waals surface area contributed by atoms with Crippen LogP contribution in [0, 0.1) is 0 Å². The summed E-state index contributed by atoms with van der Waals surface area (Å²) in [6.45, 7) is 1.11. The number of hydroxylamine groups is 1. The number of alkyl halides is 3. The average Bonchev–Trinajstić information content (AvgIpc) is 2.29. The fourth-order valence-electron chi connectivity index (χ4n) is 1.53. The average molecular weight is 267 g/mol. The molecule has 1 fully saturated rings. The number of rotatable bonds is 1. The fraction of sp³-hybridized carbons (Fsp3) is 0.500. The first-order valence-corrected chi connectivity index (χ1v) is 5.49. The van der Waals surface area contributed by atoms with Crippen LogP contribution in [0.1, 0.15) is 18.4 Å². The largest absolute Gasteiger partial charge is 0.417 e. The predicted octanol–water partition coefficient (Wildman–Crippen LogP) is 3.29. The molecule has 2 rings (SSSR count). The highest BCUT2D eigenvalue weighted by atomic mass is 35.5. The third kappa shape index (κ3) is 2.81. The number of nitrogens with zero attached hydrogens (tertiary/aromatic N) is 2. The minimum atomic E-state index is -4.43. The molecule has 0 bridgehead atoms. The molecule has 1 aliphatic heterocycles. The van der Waals surface area contributed by atoms with E-state index in [4.69, 9.17) is 16.4 Å². The van der Waals surface area contributed by atoms with Crippen molar-refractivity contribution >= 4 is 17.4 Å². The molecule has 0 atom stereocenters. The summed E-state index contributed by atoms with van der Waals surface area (Å²) in [7, 11) is 0. The lowest BCUT2D eigenvalue weighted by Crippen LogP contribution is -2.30. The van der Waals surface area contributed by atoms with Crippen LogP contribution in [0.2, 0.25) is 5.02 Å². The minimum absolute atomic E-state index is 0.0540. The van der Waals surface area contributed by atoms with E-state index in [-0.39, 0.29) is 10.8 Å². The van der Waals surface area contributed by atoms with Crippen LogP contribution >= 0.6 is 11.6 Å². The van der Waals surface area contributed by atoms with Crippen LogP contribution in [0.25, 0.3) is 0 Å². The number of hydrogen-bond donors (Lipinski definition) is 0. The van der Waals surface area contributed by atoms with Crippen molar-refractivity contribution in [1.82, 2.24) is 4.98 Å². The van der Waals surface area contributed by atoms with Crippen molar-refractivity contribution in [3.8, 4) is 0 Å². The van der Waals surface area contributed by atoms with Crippen molar-refractivity contribution in [1.29, 1.82) is 0 Å². The fourth-order valence-corrected chi connectivity index (χ4v) is 1.79. The molecule has 1 saturated heterocycles. The minimum Gasteiger partial charge on any atom is -0.272 e. The molecule has 0 aliphatic carbocycles. The maximum absolute atomic E-state index is 12.4. The first-order valence-electron chi connectivity index (χ1n) is 5.11. The van der Waals surface area contributed by atoms with Gasteiger partial charge in [0, 0.05) is 12.7 Å². The van der Waals surface area contributed by atoms with E-state index in [1.807, 2.05) is 0 Å². The zero-order valence-corrected chi connectivity index (χ0v) is 9.55. The van der Waals surface area contributed by atoms with Crippen LogP contribution in [0.15, 0.2) is 12.3 Å². The summed E-state index contributed by atoms with van der Waals surface area (Å²) >= 11 is 5.78. The van der Waals surface area contributed by atoms with E-state index in [1.54, 1.807) is 0 Å². The van der Waals surface area contributed by atoms with Crippen molar-refractivity contribution in [3.63, 3.8) is 0 Å². The van der Waals surface area contributed by atoms with Gasteiger partial charge in [0.1, 0.15) is 0 Å². The van der Waals surface area contributed by atoms with Crippen molar-refractivity contribution in [2.45, 2.75) is 19.0 Å². The molecule has 0 aromatic carbocycles. The van der Waals surface area contributed by atoms with Gasteiger partial charge < -0.3 is 0 Å². The van der Waals surface area contributed by atoms with Crippen LogP contribution in [-0.2, 0) is 11.0 Å². The first kappa shape index (κ1) is 12.4. The highest BCUT2D eigenvalue weighted by Crippen LogP contribution is 2.33. The van der Waals surface area contributed by atoms with Crippen LogP contribution < -0.4 is 5.06 Å². The zero-order chi connectivity index (χ0) is 12.5. The summed E-state index contributed by atoms with van der Waals surface area (Å²) in [6, 6.07) is 0.863. The molecular weight excluding hydrogens is 257 g/mol. The molecule has 1 aromatic heterocycles. The summed E-state index contributed by atoms with van der Waals surface area (Å²) in [4.78, 5) is 8.99. The normalized spacial score (nSPS) is 17.3. The van der Waals surface area contributed by atoms with Gasteiger partial charge in [-0.25, -0.2) is 10.0 Å². The number of halogens is 4. The Balaban J connectivity index is 2.25. The second kappa shape index (κ2) is 4.70. The van der Waals surface area contributed by atoms with Gasteiger partial charge in [0.15, 0.2) is 5.82 Å². The molecule has 0 spiro atoms. The highest BCUT2D eigenvalue weighted by Gasteiger charge is 2.32. The third-order valence-electron chi connectivity index (χ3n) is 2.39. The van der Waals surface area contributed by atoms with E-state index in [2.05, 4.69) is 4.98 Å². The number of aromatic nitrogens is 1. The van der Waals surface area contributed by atoms with Crippen LogP contribution in [0.5, 0.6) is 0 Å². The molecule has 7 heteroatoms. The van der Waals surface area contributed by atoms with Crippen molar-refractivity contribution < 1.29 is 18.0 Å². The zero-order valence-electron chi connectivity index (χ0n) is 8.80. The van der Waals surface area contributed by atoms with Crippen molar-refractivity contribution in [3.05, 3.63) is 22.8 Å². The lowest BCUT2D eigenvalue weighted by Gasteiger charge is -2.27. The van der Waals surface area contributed by atoms with Gasteiger partial charge in [-0.1, -0.05) is 11.6 Å². The van der Waals surface area contributed by atoms with E-state index in [0.29, 0.717) is 13.2 Å². The summed E-state index contributed by atoms with van der Waals surface area (Å²) in [6.07, 6.45) is -1.84. The van der Waals surface area contributed by atoms with Crippen molar-refractivity contribution in [2.75, 3.05) is 18.2 Å². The van der Waals surface area contributed by atoms with Gasteiger partial charge in [0.05, 0.1) is 17.2 Å². The molecule has 0 N–H and O–H groups in total. The molecule has 17 heavy (non-hydrogen) atoms. The topological polar surface area (TPSA) is 25.4 Å². The molecule has 1 aliphatic rings. The van der Waals surface area contributed by atoms with Gasteiger partial charge in [-0.2, -0.15) is 13.2 Å². The van der Waals surface area contributed by atoms with Gasteiger partial charge in [-0.3, -0.25) is 4.84 Å². The monoisotopic (exact) mass is 266 g/mol. The molecule has 94 valence electrons. The van der Waals surface area contributed by atoms with Gasteiger partial charge in [-0.05, 0) is 18.9 Å². The predicted molar refractivity (Wildman–Crippen MR) is 56.8 cm³/mol.